The first-order chi connectivity index (χ1) is 4.45. The Balaban J connectivity index is 3.58. The van der Waals surface area contributed by atoms with Crippen LogP contribution in [0.1, 0.15) is 27.7 Å². The van der Waals surface area contributed by atoms with Gasteiger partial charge in [-0.2, -0.15) is 0 Å². The summed E-state index contributed by atoms with van der Waals surface area (Å²) >= 11 is -0.522. The SMILES string of the molecule is C=[C](OCC)[Sn][C](C)(C)C. The molecule has 0 amide bonds. The van der Waals surface area contributed by atoms with Crippen LogP contribution in [0.2, 0.25) is 3.43 Å². The molecule has 0 aliphatic carbocycles. The Bertz CT molecular complexity index is 113. The third-order valence-corrected chi connectivity index (χ3v) is 4.18. The van der Waals surface area contributed by atoms with Gasteiger partial charge in [-0.25, -0.2) is 0 Å². The summed E-state index contributed by atoms with van der Waals surface area (Å²) in [4.78, 5) is 0. The first-order valence-electron chi connectivity index (χ1n) is 3.55. The zero-order chi connectivity index (χ0) is 8.20. The summed E-state index contributed by atoms with van der Waals surface area (Å²) in [7, 11) is 0. The maximum atomic E-state index is 5.30. The summed E-state index contributed by atoms with van der Waals surface area (Å²) in [5.41, 5.74) is 0. The predicted octanol–water partition coefficient (Wildman–Crippen LogP) is 2.42. The van der Waals surface area contributed by atoms with Gasteiger partial charge in [-0.1, -0.05) is 0 Å². The molecule has 1 nitrogen and oxygen atoms in total. The molecule has 58 valence electrons. The van der Waals surface area contributed by atoms with Crippen molar-refractivity contribution in [2.45, 2.75) is 31.1 Å². The van der Waals surface area contributed by atoms with Crippen molar-refractivity contribution in [2.24, 2.45) is 0 Å². The van der Waals surface area contributed by atoms with Crippen LogP contribution in [0.25, 0.3) is 0 Å². The van der Waals surface area contributed by atoms with Crippen molar-refractivity contribution in [1.29, 1.82) is 0 Å². The maximum absolute atomic E-state index is 5.30. The average molecular weight is 247 g/mol. The van der Waals surface area contributed by atoms with Crippen LogP contribution in [-0.4, -0.2) is 27.7 Å². The van der Waals surface area contributed by atoms with Crippen LogP contribution in [-0.2, 0) is 4.74 Å². The molecule has 0 atom stereocenters. The molecule has 0 bridgehead atoms. The molecule has 0 aromatic rings. The van der Waals surface area contributed by atoms with E-state index < -0.39 is 21.1 Å². The second kappa shape index (κ2) is 4.27. The van der Waals surface area contributed by atoms with Gasteiger partial charge in [-0.15, -0.1) is 0 Å². The molecule has 2 radical (unpaired) electrons. The van der Waals surface area contributed by atoms with Crippen molar-refractivity contribution in [3.63, 3.8) is 0 Å². The summed E-state index contributed by atoms with van der Waals surface area (Å²) in [5.74, 6) is 0. The van der Waals surface area contributed by atoms with Crippen molar-refractivity contribution < 1.29 is 4.74 Å². The van der Waals surface area contributed by atoms with Crippen molar-refractivity contribution in [2.75, 3.05) is 6.61 Å². The van der Waals surface area contributed by atoms with Gasteiger partial charge in [0.2, 0.25) is 0 Å². The van der Waals surface area contributed by atoms with Crippen LogP contribution in [0.15, 0.2) is 10.4 Å². The first kappa shape index (κ1) is 10.3. The molecule has 0 fully saturated rings. The summed E-state index contributed by atoms with van der Waals surface area (Å²) < 4.78 is 6.83. The normalized spacial score (nSPS) is 11.2. The molecule has 0 rings (SSSR count). The predicted molar refractivity (Wildman–Crippen MR) is 46.2 cm³/mol. The van der Waals surface area contributed by atoms with E-state index in [4.69, 9.17) is 4.74 Å². The average Bonchev–Trinajstić information content (AvgIpc) is 1.59. The van der Waals surface area contributed by atoms with E-state index in [1.165, 1.54) is 0 Å². The van der Waals surface area contributed by atoms with Crippen molar-refractivity contribution in [1.82, 2.24) is 0 Å². The Morgan fingerprint density at radius 1 is 1.50 bits per heavy atom. The number of hydrogen-bond acceptors (Lipinski definition) is 1. The fraction of sp³-hybridized carbons (Fsp3) is 0.750. The van der Waals surface area contributed by atoms with Crippen LogP contribution in [0, 0.1) is 0 Å². The molecule has 0 spiro atoms. The number of hydrogen-bond donors (Lipinski definition) is 0. The Hall–Kier alpha value is 0.339. The molecule has 2 heteroatoms. The van der Waals surface area contributed by atoms with Crippen molar-refractivity contribution >= 4 is 21.1 Å². The zero-order valence-corrected chi connectivity index (χ0v) is 10.2. The number of rotatable bonds is 3. The van der Waals surface area contributed by atoms with Crippen molar-refractivity contribution in [3.8, 4) is 0 Å². The van der Waals surface area contributed by atoms with E-state index >= 15 is 0 Å². The van der Waals surface area contributed by atoms with Crippen LogP contribution in [0.3, 0.4) is 0 Å². The molecular formula is C8H16OSn. The molecular weight excluding hydrogens is 231 g/mol. The summed E-state index contributed by atoms with van der Waals surface area (Å²) in [6.45, 7) is 13.4. The third kappa shape index (κ3) is 6.46. The zero-order valence-electron chi connectivity index (χ0n) is 7.32. The van der Waals surface area contributed by atoms with E-state index in [-0.39, 0.29) is 0 Å². The van der Waals surface area contributed by atoms with Crippen LogP contribution in [0.5, 0.6) is 0 Å². The van der Waals surface area contributed by atoms with Crippen molar-refractivity contribution in [3.05, 3.63) is 10.4 Å². The summed E-state index contributed by atoms with van der Waals surface area (Å²) in [6, 6.07) is 0. The van der Waals surface area contributed by atoms with Crippen LogP contribution < -0.4 is 0 Å². The third-order valence-electron chi connectivity index (χ3n) is 0.833. The molecule has 0 unspecified atom stereocenters. The van der Waals surface area contributed by atoms with Gasteiger partial charge in [0.1, 0.15) is 0 Å². The minimum atomic E-state index is -0.522. The first-order valence-corrected chi connectivity index (χ1v) is 6.41. The van der Waals surface area contributed by atoms with Gasteiger partial charge < -0.3 is 0 Å². The van der Waals surface area contributed by atoms with Gasteiger partial charge >= 0.3 is 74.0 Å². The van der Waals surface area contributed by atoms with E-state index in [1.807, 2.05) is 6.92 Å². The molecule has 10 heavy (non-hydrogen) atoms. The second-order valence-electron chi connectivity index (χ2n) is 3.23. The van der Waals surface area contributed by atoms with Crippen LogP contribution >= 0.6 is 0 Å². The molecule has 0 heterocycles. The summed E-state index contributed by atoms with van der Waals surface area (Å²) in [5, 5.41) is 0. The van der Waals surface area contributed by atoms with Gasteiger partial charge in [-0.05, 0) is 0 Å². The van der Waals surface area contributed by atoms with Crippen LogP contribution in [0.4, 0.5) is 0 Å². The van der Waals surface area contributed by atoms with Gasteiger partial charge in [0.15, 0.2) is 0 Å². The van der Waals surface area contributed by atoms with Gasteiger partial charge in [0.25, 0.3) is 0 Å². The molecule has 0 N–H and O–H groups in total. The van der Waals surface area contributed by atoms with Gasteiger partial charge in [-0.3, -0.25) is 0 Å². The Labute approximate surface area is 74.1 Å². The quantitative estimate of drug-likeness (QED) is 0.549. The minimum absolute atomic E-state index is 0.468. The van der Waals surface area contributed by atoms with Gasteiger partial charge in [0.05, 0.1) is 0 Å². The fourth-order valence-corrected chi connectivity index (χ4v) is 3.63. The Morgan fingerprint density at radius 2 is 2.00 bits per heavy atom. The van der Waals surface area contributed by atoms with E-state index in [1.54, 1.807) is 0 Å². The summed E-state index contributed by atoms with van der Waals surface area (Å²) in [6.07, 6.45) is 0. The molecule has 0 saturated heterocycles. The molecule has 0 aromatic heterocycles. The molecule has 0 aromatic carbocycles. The fourth-order valence-electron chi connectivity index (χ4n) is 0.629. The van der Waals surface area contributed by atoms with E-state index in [2.05, 4.69) is 27.4 Å². The number of ether oxygens (including phenoxy) is 1. The Morgan fingerprint density at radius 3 is 2.30 bits per heavy atom. The van der Waals surface area contributed by atoms with E-state index in [0.717, 1.165) is 10.4 Å². The standard InChI is InChI=1S/C4H7O.C4H9.Sn/c1-3-5-4-2;1-4(2)3;/h1,4H2,2H3;1-3H3;. The second-order valence-corrected chi connectivity index (χ2v) is 9.82. The van der Waals surface area contributed by atoms with E-state index in [9.17, 15) is 0 Å². The monoisotopic (exact) mass is 248 g/mol. The van der Waals surface area contributed by atoms with Gasteiger partial charge in [0, 0.05) is 0 Å². The molecule has 0 aliphatic heterocycles. The Kier molecular flexibility index (Phi) is 4.41. The van der Waals surface area contributed by atoms with E-state index in [0.29, 0.717) is 3.43 Å². The molecule has 0 saturated carbocycles. The molecule has 0 aliphatic rings. The topological polar surface area (TPSA) is 9.23 Å².